The lowest BCUT2D eigenvalue weighted by atomic mass is 10.5. The lowest BCUT2D eigenvalue weighted by molar-refractivity contribution is 0.407. The summed E-state index contributed by atoms with van der Waals surface area (Å²) in [4.78, 5) is 3.25. The van der Waals surface area contributed by atoms with E-state index in [1.165, 1.54) is 0 Å². The van der Waals surface area contributed by atoms with Gasteiger partial charge in [-0.2, -0.15) is 33.2 Å². The predicted octanol–water partition coefficient (Wildman–Crippen LogP) is 15.3. The summed E-state index contributed by atoms with van der Waals surface area (Å²) in [7, 11) is -11.8. The van der Waals surface area contributed by atoms with Crippen LogP contribution in [0.5, 0.6) is 0 Å². The van der Waals surface area contributed by atoms with E-state index in [9.17, 15) is 0 Å². The number of hydrogen-bond donors (Lipinski definition) is 0. The molecule has 0 amide bonds. The van der Waals surface area contributed by atoms with Gasteiger partial charge in [0.05, 0.1) is 0 Å². The fourth-order valence-electron chi connectivity index (χ4n) is 3.92. The Hall–Kier alpha value is 3.14. The summed E-state index contributed by atoms with van der Waals surface area (Å²) in [5.74, 6) is 0. The minimum absolute atomic E-state index is 0.406. The summed E-state index contributed by atoms with van der Waals surface area (Å²) in [5, 5.41) is 0. The Kier molecular flexibility index (Phi) is 29.7. The van der Waals surface area contributed by atoms with Gasteiger partial charge in [0.1, 0.15) is 0 Å². The zero-order chi connectivity index (χ0) is 38.9. The Morgan fingerprint density at radius 3 is 1.06 bits per heavy atom. The maximum atomic E-state index is 6.83. The van der Waals surface area contributed by atoms with Crippen LogP contribution in [0.15, 0.2) is 0 Å². The second-order valence-electron chi connectivity index (χ2n) is 15.5. The van der Waals surface area contributed by atoms with Crippen molar-refractivity contribution >= 4 is 138 Å². The van der Waals surface area contributed by atoms with Gasteiger partial charge in [-0.25, -0.2) is 6.57 Å². The maximum Gasteiger partial charge on any atom is 0.312 e. The summed E-state index contributed by atoms with van der Waals surface area (Å²) in [5.41, 5.74) is 0.812. The molecule has 0 bridgehead atoms. The van der Waals surface area contributed by atoms with E-state index in [4.69, 9.17) is 96.5 Å². The fraction of sp³-hybridized carbons (Fsp3) is 0.964. The number of nitrogens with zero attached hydrogens (tertiary/aromatic N) is 1. The maximum absolute atomic E-state index is 6.83. The summed E-state index contributed by atoms with van der Waals surface area (Å²) in [6.07, 6.45) is 3.16. The molecule has 0 radical (unpaired) electrons. The molecule has 0 spiro atoms. The molecule has 0 saturated carbocycles. The van der Waals surface area contributed by atoms with Crippen molar-refractivity contribution < 1.29 is 12.3 Å². The summed E-state index contributed by atoms with van der Waals surface area (Å²) >= 11 is 44.0. The van der Waals surface area contributed by atoms with E-state index in [1.54, 1.807) is 0 Å². The van der Waals surface area contributed by atoms with Gasteiger partial charge in [0.2, 0.25) is 6.54 Å². The van der Waals surface area contributed by atoms with E-state index in [0.717, 1.165) is 37.4 Å². The average molecular weight is 942 g/mol. The van der Waals surface area contributed by atoms with E-state index in [2.05, 4.69) is 85.7 Å². The molecule has 4 nitrogen and oxygen atoms in total. The molecule has 19 heteroatoms. The molecule has 0 fully saturated rings. The highest BCUT2D eigenvalue weighted by atomic mass is 35.6. The van der Waals surface area contributed by atoms with Gasteiger partial charge < -0.3 is 17.2 Å². The highest BCUT2D eigenvalue weighted by Gasteiger charge is 2.47. The van der Waals surface area contributed by atoms with E-state index in [0.29, 0.717) is 17.6 Å². The summed E-state index contributed by atoms with van der Waals surface area (Å²) < 4.78 is 18.0. The van der Waals surface area contributed by atoms with Crippen LogP contribution in [0.3, 0.4) is 0 Å². The van der Waals surface area contributed by atoms with Gasteiger partial charge in [-0.15, -0.1) is 44.3 Å². The van der Waals surface area contributed by atoms with Crippen LogP contribution in [0, 0.1) is 6.57 Å². The van der Waals surface area contributed by atoms with E-state index >= 15 is 0 Å². The minimum Gasteiger partial charge on any atom is -0.432 e. The Morgan fingerprint density at radius 2 is 0.872 bits per heavy atom. The molecule has 0 heterocycles. The molecule has 0 atom stereocenters. The topological polar surface area (TPSA) is 32.1 Å². The van der Waals surface area contributed by atoms with Gasteiger partial charge in [-0.3, -0.25) is 0 Å². The van der Waals surface area contributed by atoms with Crippen LogP contribution in [0.4, 0.5) is 0 Å². The van der Waals surface area contributed by atoms with Crippen LogP contribution in [-0.2, 0) is 12.3 Å². The molecule has 47 heavy (non-hydrogen) atoms. The van der Waals surface area contributed by atoms with Crippen molar-refractivity contribution in [2.45, 2.75) is 169 Å². The Bertz CT molecular complexity index is 823. The van der Waals surface area contributed by atoms with Crippen molar-refractivity contribution in [3.8, 4) is 0 Å². The normalized spacial score (nSPS) is 13.6. The first-order valence-electron chi connectivity index (χ1n) is 16.7. The first-order valence-corrected chi connectivity index (χ1v) is 47.0. The SMILES string of the molecule is CCC[Si](Cl)(CCC)O[Si](Cl)(C(C)C)C(C)C.C[Si](C)(Cl)O[Si](C)(C)O[Si](C)(C)Cl.C[Si](C)(Cl)[Si](C)(C)Cl.[C-]#[N+]CCC[Si](C)(C)Cl. The molecule has 286 valence electrons. The van der Waals surface area contributed by atoms with Crippen LogP contribution < -0.4 is 0 Å². The van der Waals surface area contributed by atoms with Crippen molar-refractivity contribution in [3.63, 3.8) is 0 Å². The monoisotopic (exact) mass is 937 g/mol. The van der Waals surface area contributed by atoms with E-state index in [-0.39, 0.29) is 0 Å². The van der Waals surface area contributed by atoms with Crippen molar-refractivity contribution in [1.82, 2.24) is 0 Å². The Morgan fingerprint density at radius 1 is 0.553 bits per heavy atom. The minimum atomic E-state index is -2.21. The Labute approximate surface area is 333 Å². The molecule has 0 rings (SSSR count). The third-order valence-corrected chi connectivity index (χ3v) is 52.1. The van der Waals surface area contributed by atoms with Crippen molar-refractivity contribution in [1.29, 1.82) is 0 Å². The summed E-state index contributed by atoms with van der Waals surface area (Å²) in [6.45, 7) is 41.6. The van der Waals surface area contributed by atoms with Gasteiger partial charge in [-0.05, 0) is 68.5 Å². The van der Waals surface area contributed by atoms with Crippen LogP contribution in [0.25, 0.3) is 4.85 Å². The second-order valence-corrected chi connectivity index (χ2v) is 69.9. The van der Waals surface area contributed by atoms with Crippen LogP contribution >= 0.6 is 77.6 Å². The zero-order valence-electron chi connectivity index (χ0n) is 32.9. The quantitative estimate of drug-likeness (QED) is 0.0669. The lowest BCUT2D eigenvalue weighted by Crippen LogP contribution is -2.49. The first kappa shape index (κ1) is 56.9. The number of halogens is 7. The van der Waals surface area contributed by atoms with E-state index < -0.39 is 60.3 Å². The third kappa shape index (κ3) is 34.6. The molecule has 0 unspecified atom stereocenters. The largest absolute Gasteiger partial charge is 0.432 e. The third-order valence-electron chi connectivity index (χ3n) is 6.59. The van der Waals surface area contributed by atoms with Crippen LogP contribution in [-0.4, -0.2) is 66.8 Å². The lowest BCUT2D eigenvalue weighted by Gasteiger charge is -2.39. The molecular formula is C28H70Cl7NO3Si8. The molecule has 0 aromatic carbocycles. The second kappa shape index (κ2) is 24.5. The van der Waals surface area contributed by atoms with Gasteiger partial charge in [0.25, 0.3) is 30.5 Å². The van der Waals surface area contributed by atoms with Gasteiger partial charge in [0.15, 0.2) is 21.2 Å². The van der Waals surface area contributed by atoms with Crippen molar-refractivity contribution in [3.05, 3.63) is 11.4 Å². The summed E-state index contributed by atoms with van der Waals surface area (Å²) in [6, 6.07) is 3.10. The van der Waals surface area contributed by atoms with Gasteiger partial charge in [-0.1, -0.05) is 93.7 Å². The molecule has 0 aliphatic heterocycles. The number of hydrogen-bond acceptors (Lipinski definition) is 3. The predicted molar refractivity (Wildman–Crippen MR) is 242 cm³/mol. The van der Waals surface area contributed by atoms with Crippen molar-refractivity contribution in [2.24, 2.45) is 0 Å². The van der Waals surface area contributed by atoms with Crippen molar-refractivity contribution in [2.75, 3.05) is 6.54 Å². The standard InChI is InChI=1S/C12H28Cl2OSi2.C6H18Cl2O2Si3.C6H12ClNSi.C4H12Cl2Si2/c1-7-9-16(13,10-8-2)15-17(14,11(3)4)12(5)6;1-11(2,7)9-13(5,6)10-12(3,4)8;1-8-5-4-6-9(2,3)7;1-7(2,5)8(3,4)6/h11-12H,7-10H2,1-6H3;1-6H3;4-6H2,2-3H3;1-4H3. The van der Waals surface area contributed by atoms with Crippen LogP contribution in [0.1, 0.15) is 60.8 Å². The molecule has 0 aliphatic rings. The van der Waals surface area contributed by atoms with Crippen LogP contribution in [0.2, 0.25) is 108 Å². The average Bonchev–Trinajstić information content (AvgIpc) is 2.75. The number of rotatable bonds is 16. The highest BCUT2D eigenvalue weighted by Crippen LogP contribution is 2.42. The molecular weight excluding hydrogens is 871 g/mol. The van der Waals surface area contributed by atoms with E-state index in [1.807, 2.05) is 39.3 Å². The fourth-order valence-corrected chi connectivity index (χ4v) is 30.6. The zero-order valence-corrected chi connectivity index (χ0v) is 46.2. The van der Waals surface area contributed by atoms with Gasteiger partial charge >= 0.3 is 8.56 Å². The molecule has 0 N–H and O–H groups in total. The smallest absolute Gasteiger partial charge is 0.312 e. The van der Waals surface area contributed by atoms with Gasteiger partial charge in [0, 0.05) is 6.42 Å². The highest BCUT2D eigenvalue weighted by molar-refractivity contribution is 7.70. The molecule has 0 aliphatic carbocycles. The molecule has 0 aromatic rings. The molecule has 0 saturated heterocycles. The first-order chi connectivity index (χ1) is 20.4. The Balaban J connectivity index is -0.000000274. The molecule has 0 aromatic heterocycles.